The monoisotopic (exact) mass is 208 g/mol. The van der Waals surface area contributed by atoms with Crippen molar-refractivity contribution in [2.24, 2.45) is 0 Å². The Labute approximate surface area is 86.9 Å². The first-order chi connectivity index (χ1) is 6.77. The van der Waals surface area contributed by atoms with Gasteiger partial charge in [0.05, 0.1) is 13.0 Å². The molecule has 3 heteroatoms. The second-order valence-electron chi connectivity index (χ2n) is 4.26. The van der Waals surface area contributed by atoms with Gasteiger partial charge in [0.2, 0.25) is 0 Å². The summed E-state index contributed by atoms with van der Waals surface area (Å²) >= 11 is 1.71. The molecule has 1 unspecified atom stereocenters. The van der Waals surface area contributed by atoms with Crippen LogP contribution >= 0.6 is 11.3 Å². The Hall–Kier alpha value is -0.830. The minimum absolute atomic E-state index is 0.0255. The molecule has 2 aliphatic carbocycles. The number of thiophene rings is 1. The number of methoxy groups -OCH3 is 1. The fourth-order valence-corrected chi connectivity index (χ4v) is 3.69. The van der Waals surface area contributed by atoms with Crippen LogP contribution in [0.5, 0.6) is 0 Å². The summed E-state index contributed by atoms with van der Waals surface area (Å²) in [7, 11) is 1.48. The van der Waals surface area contributed by atoms with Gasteiger partial charge in [0, 0.05) is 4.88 Å². The van der Waals surface area contributed by atoms with Crippen molar-refractivity contribution in [1.82, 2.24) is 0 Å². The maximum atomic E-state index is 11.6. The Bertz CT molecular complexity index is 390. The largest absolute Gasteiger partial charge is 0.469 e. The van der Waals surface area contributed by atoms with Crippen molar-refractivity contribution in [3.63, 3.8) is 0 Å². The molecule has 0 aromatic carbocycles. The van der Waals surface area contributed by atoms with Gasteiger partial charge in [-0.25, -0.2) is 0 Å². The number of esters is 1. The van der Waals surface area contributed by atoms with E-state index in [1.54, 1.807) is 11.3 Å². The summed E-state index contributed by atoms with van der Waals surface area (Å²) < 4.78 is 4.85. The lowest BCUT2D eigenvalue weighted by Crippen LogP contribution is -2.12. The molecular weight excluding hydrogens is 196 g/mol. The molecule has 1 heterocycles. The van der Waals surface area contributed by atoms with E-state index >= 15 is 0 Å². The Kier molecular flexibility index (Phi) is 1.57. The zero-order valence-electron chi connectivity index (χ0n) is 8.08. The van der Waals surface area contributed by atoms with Gasteiger partial charge in [-0.3, -0.25) is 4.79 Å². The van der Waals surface area contributed by atoms with Crippen molar-refractivity contribution in [3.05, 3.63) is 21.9 Å². The summed E-state index contributed by atoms with van der Waals surface area (Å²) in [6.07, 6.45) is 3.50. The highest BCUT2D eigenvalue weighted by Gasteiger charge is 2.54. The molecule has 0 amide bonds. The van der Waals surface area contributed by atoms with Gasteiger partial charge >= 0.3 is 5.97 Å². The maximum Gasteiger partial charge on any atom is 0.314 e. The van der Waals surface area contributed by atoms with Crippen LogP contribution in [0.3, 0.4) is 0 Å². The van der Waals surface area contributed by atoms with E-state index < -0.39 is 0 Å². The van der Waals surface area contributed by atoms with Crippen molar-refractivity contribution in [1.29, 1.82) is 0 Å². The van der Waals surface area contributed by atoms with E-state index in [4.69, 9.17) is 4.74 Å². The number of hydrogen-bond donors (Lipinski definition) is 0. The van der Waals surface area contributed by atoms with E-state index in [1.807, 2.05) is 0 Å². The first-order valence-electron chi connectivity index (χ1n) is 4.92. The van der Waals surface area contributed by atoms with Gasteiger partial charge in [-0.15, -0.1) is 11.3 Å². The van der Waals surface area contributed by atoms with E-state index in [-0.39, 0.29) is 11.9 Å². The van der Waals surface area contributed by atoms with E-state index in [0.717, 1.165) is 6.42 Å². The fourth-order valence-electron chi connectivity index (χ4n) is 2.58. The van der Waals surface area contributed by atoms with Crippen LogP contribution in [0.2, 0.25) is 0 Å². The van der Waals surface area contributed by atoms with Crippen LogP contribution in [-0.2, 0) is 14.9 Å². The van der Waals surface area contributed by atoms with Crippen molar-refractivity contribution in [2.45, 2.75) is 30.6 Å². The summed E-state index contributed by atoms with van der Waals surface area (Å²) in [5.41, 5.74) is 1.80. The first-order valence-corrected chi connectivity index (χ1v) is 5.80. The van der Waals surface area contributed by atoms with Gasteiger partial charge in [-0.05, 0) is 41.7 Å². The molecule has 1 saturated carbocycles. The van der Waals surface area contributed by atoms with Crippen molar-refractivity contribution < 1.29 is 9.53 Å². The standard InChI is InChI=1S/C11H12O2S/c1-13-10(12)7-6-11(3-4-11)8-2-5-14-9(7)8/h2,5,7H,3-4,6H2,1H3. The van der Waals surface area contributed by atoms with Gasteiger partial charge in [0.15, 0.2) is 0 Å². The molecule has 1 fully saturated rings. The van der Waals surface area contributed by atoms with Crippen LogP contribution in [0.4, 0.5) is 0 Å². The number of carbonyl (C=O) groups is 1. The molecule has 1 atom stereocenters. The van der Waals surface area contributed by atoms with Gasteiger partial charge in [0.25, 0.3) is 0 Å². The Balaban J connectivity index is 2.03. The highest BCUT2D eigenvalue weighted by atomic mass is 32.1. The van der Waals surface area contributed by atoms with Crippen LogP contribution in [-0.4, -0.2) is 13.1 Å². The van der Waals surface area contributed by atoms with E-state index in [0.29, 0.717) is 5.41 Å². The molecule has 1 aromatic rings. The second-order valence-corrected chi connectivity index (χ2v) is 5.21. The van der Waals surface area contributed by atoms with Crippen LogP contribution in [0.25, 0.3) is 0 Å². The van der Waals surface area contributed by atoms with Gasteiger partial charge in [-0.1, -0.05) is 0 Å². The molecule has 2 nitrogen and oxygen atoms in total. The molecule has 14 heavy (non-hydrogen) atoms. The number of rotatable bonds is 1. The lowest BCUT2D eigenvalue weighted by atomic mass is 9.99. The summed E-state index contributed by atoms with van der Waals surface area (Å²) in [6, 6.07) is 2.19. The summed E-state index contributed by atoms with van der Waals surface area (Å²) in [5, 5.41) is 2.10. The predicted molar refractivity (Wildman–Crippen MR) is 54.6 cm³/mol. The predicted octanol–water partition coefficient (Wildman–Crippen LogP) is 2.44. The zero-order valence-corrected chi connectivity index (χ0v) is 8.89. The minimum atomic E-state index is -0.0579. The second kappa shape index (κ2) is 2.60. The summed E-state index contributed by atoms with van der Waals surface area (Å²) in [4.78, 5) is 12.8. The maximum absolute atomic E-state index is 11.6. The third-order valence-corrected chi connectivity index (χ3v) is 4.55. The van der Waals surface area contributed by atoms with E-state index in [9.17, 15) is 4.79 Å². The molecule has 1 spiro atoms. The molecule has 0 aliphatic heterocycles. The molecule has 2 aliphatic rings. The number of ether oxygens (including phenoxy) is 1. The van der Waals surface area contributed by atoms with Crippen molar-refractivity contribution >= 4 is 17.3 Å². The van der Waals surface area contributed by atoms with Gasteiger partial charge in [0.1, 0.15) is 0 Å². The average Bonchev–Trinajstić information content (AvgIpc) is 2.69. The zero-order chi connectivity index (χ0) is 9.76. The summed E-state index contributed by atoms with van der Waals surface area (Å²) in [6.45, 7) is 0. The minimum Gasteiger partial charge on any atom is -0.469 e. The SMILES string of the molecule is COC(=O)C1CC2(CC2)c2ccsc21. The third kappa shape index (κ3) is 0.934. The molecule has 0 saturated heterocycles. The lowest BCUT2D eigenvalue weighted by molar-refractivity contribution is -0.142. The number of carbonyl (C=O) groups excluding carboxylic acids is 1. The highest BCUT2D eigenvalue weighted by molar-refractivity contribution is 7.10. The third-order valence-electron chi connectivity index (χ3n) is 3.52. The highest BCUT2D eigenvalue weighted by Crippen LogP contribution is 2.62. The molecular formula is C11H12O2S. The van der Waals surface area contributed by atoms with E-state index in [1.165, 1.54) is 30.4 Å². The molecule has 0 N–H and O–H groups in total. The summed E-state index contributed by atoms with van der Waals surface area (Å²) in [5.74, 6) is -0.0324. The molecule has 3 rings (SSSR count). The van der Waals surface area contributed by atoms with Gasteiger partial charge < -0.3 is 4.74 Å². The van der Waals surface area contributed by atoms with Crippen molar-refractivity contribution in [3.8, 4) is 0 Å². The molecule has 0 radical (unpaired) electrons. The van der Waals surface area contributed by atoms with Crippen molar-refractivity contribution in [2.75, 3.05) is 7.11 Å². The smallest absolute Gasteiger partial charge is 0.314 e. The first kappa shape index (κ1) is 8.48. The number of fused-ring (bicyclic) bond motifs is 2. The Morgan fingerprint density at radius 1 is 1.64 bits per heavy atom. The normalized spacial score (nSPS) is 26.2. The molecule has 1 aromatic heterocycles. The Morgan fingerprint density at radius 2 is 2.43 bits per heavy atom. The topological polar surface area (TPSA) is 26.3 Å². The van der Waals surface area contributed by atoms with Crippen LogP contribution < -0.4 is 0 Å². The Morgan fingerprint density at radius 3 is 3.07 bits per heavy atom. The van der Waals surface area contributed by atoms with Gasteiger partial charge in [-0.2, -0.15) is 0 Å². The van der Waals surface area contributed by atoms with Crippen LogP contribution in [0, 0.1) is 0 Å². The lowest BCUT2D eigenvalue weighted by Gasteiger charge is -2.08. The fraction of sp³-hybridized carbons (Fsp3) is 0.545. The molecule has 74 valence electrons. The quantitative estimate of drug-likeness (QED) is 0.663. The van der Waals surface area contributed by atoms with Crippen LogP contribution in [0.15, 0.2) is 11.4 Å². The number of hydrogen-bond acceptors (Lipinski definition) is 3. The van der Waals surface area contributed by atoms with Crippen LogP contribution in [0.1, 0.15) is 35.6 Å². The average molecular weight is 208 g/mol. The molecule has 0 bridgehead atoms. The van der Waals surface area contributed by atoms with E-state index in [2.05, 4.69) is 11.4 Å².